The van der Waals surface area contributed by atoms with E-state index < -0.39 is 0 Å². The van der Waals surface area contributed by atoms with E-state index in [9.17, 15) is 9.90 Å². The Bertz CT molecular complexity index is 773. The van der Waals surface area contributed by atoms with Gasteiger partial charge < -0.3 is 14.7 Å². The molecule has 0 saturated carbocycles. The van der Waals surface area contributed by atoms with Crippen LogP contribution in [0.1, 0.15) is 72.8 Å². The molecule has 5 heteroatoms. The zero-order valence-corrected chi connectivity index (χ0v) is 17.1. The van der Waals surface area contributed by atoms with Gasteiger partial charge in [-0.2, -0.15) is 0 Å². The van der Waals surface area contributed by atoms with E-state index >= 15 is 0 Å². The Balaban J connectivity index is 2.48. The van der Waals surface area contributed by atoms with Crippen molar-refractivity contribution in [3.8, 4) is 5.75 Å². The highest BCUT2D eigenvalue weighted by molar-refractivity contribution is 5.97. The van der Waals surface area contributed by atoms with Gasteiger partial charge in [-0.15, -0.1) is 0 Å². The number of amides is 1. The number of hydrogen-bond acceptors (Lipinski definition) is 4. The number of nitrogens with zero attached hydrogens (tertiary/aromatic N) is 2. The van der Waals surface area contributed by atoms with E-state index in [0.29, 0.717) is 12.2 Å². The van der Waals surface area contributed by atoms with Crippen molar-refractivity contribution < 1.29 is 14.6 Å². The number of carbonyl (C=O) groups is 1. The van der Waals surface area contributed by atoms with Crippen molar-refractivity contribution >= 4 is 5.91 Å². The molecule has 1 unspecified atom stereocenters. The smallest absolute Gasteiger partial charge is 0.258 e. The molecule has 1 N–H and O–H groups in total. The second kappa shape index (κ2) is 9.00. The number of aromatic hydroxyl groups is 1. The summed E-state index contributed by atoms with van der Waals surface area (Å²) < 4.78 is 5.32. The lowest BCUT2D eigenvalue weighted by Crippen LogP contribution is -2.34. The third kappa shape index (κ3) is 4.66. The SMILES string of the molecule is COCC(c1ccccn1)N(C)C(=O)c1cc(C(C)C)cc(C(C)C)c1O. The maximum Gasteiger partial charge on any atom is 0.258 e. The summed E-state index contributed by atoms with van der Waals surface area (Å²) in [5, 5.41) is 10.8. The molecule has 5 nitrogen and oxygen atoms in total. The van der Waals surface area contributed by atoms with E-state index in [1.165, 1.54) is 0 Å². The molecule has 1 aromatic heterocycles. The quantitative estimate of drug-likeness (QED) is 0.780. The Hall–Kier alpha value is -2.40. The molecule has 0 saturated heterocycles. The van der Waals surface area contributed by atoms with Crippen molar-refractivity contribution in [1.82, 2.24) is 9.88 Å². The first kappa shape index (κ1) is 20.9. The van der Waals surface area contributed by atoms with Gasteiger partial charge in [0.05, 0.1) is 23.9 Å². The summed E-state index contributed by atoms with van der Waals surface area (Å²) in [5.41, 5.74) is 2.90. The van der Waals surface area contributed by atoms with Gasteiger partial charge in [-0.25, -0.2) is 0 Å². The monoisotopic (exact) mass is 370 g/mol. The number of carbonyl (C=O) groups excluding carboxylic acids is 1. The Morgan fingerprint density at radius 3 is 2.41 bits per heavy atom. The van der Waals surface area contributed by atoms with Crippen LogP contribution in [0.5, 0.6) is 5.75 Å². The largest absolute Gasteiger partial charge is 0.507 e. The molecule has 0 radical (unpaired) electrons. The summed E-state index contributed by atoms with van der Waals surface area (Å²) in [7, 11) is 3.32. The summed E-state index contributed by atoms with van der Waals surface area (Å²) in [6.07, 6.45) is 1.70. The van der Waals surface area contributed by atoms with E-state index in [0.717, 1.165) is 16.8 Å². The third-order valence-corrected chi connectivity index (χ3v) is 4.82. The van der Waals surface area contributed by atoms with Gasteiger partial charge in [0, 0.05) is 20.4 Å². The Labute approximate surface area is 162 Å². The number of hydrogen-bond donors (Lipinski definition) is 1. The molecule has 1 amide bonds. The van der Waals surface area contributed by atoms with Crippen molar-refractivity contribution in [3.05, 3.63) is 58.9 Å². The normalized spacial score (nSPS) is 12.4. The lowest BCUT2D eigenvalue weighted by atomic mass is 9.91. The first-order valence-electron chi connectivity index (χ1n) is 9.31. The second-order valence-electron chi connectivity index (χ2n) is 7.46. The Morgan fingerprint density at radius 2 is 1.89 bits per heavy atom. The molecule has 0 aliphatic rings. The zero-order valence-electron chi connectivity index (χ0n) is 17.1. The molecule has 0 fully saturated rings. The van der Waals surface area contributed by atoms with Crippen LogP contribution in [0.3, 0.4) is 0 Å². The number of aromatic nitrogens is 1. The summed E-state index contributed by atoms with van der Waals surface area (Å²) in [5.74, 6) is 0.185. The Morgan fingerprint density at radius 1 is 1.19 bits per heavy atom. The molecule has 0 aliphatic carbocycles. The first-order chi connectivity index (χ1) is 12.8. The average molecular weight is 370 g/mol. The van der Waals surface area contributed by atoms with Gasteiger partial charge in [0.1, 0.15) is 5.75 Å². The second-order valence-corrected chi connectivity index (χ2v) is 7.46. The molecule has 27 heavy (non-hydrogen) atoms. The van der Waals surface area contributed by atoms with Crippen LogP contribution in [0.25, 0.3) is 0 Å². The highest BCUT2D eigenvalue weighted by Crippen LogP contribution is 2.34. The standard InChI is InChI=1S/C22H30N2O3/c1-14(2)16-11-17(15(3)4)21(25)18(12-16)22(26)24(5)20(13-27-6)19-9-7-8-10-23-19/h7-12,14-15,20,25H,13H2,1-6H3. The predicted molar refractivity (Wildman–Crippen MR) is 107 cm³/mol. The van der Waals surface area contributed by atoms with Crippen molar-refractivity contribution in [2.45, 2.75) is 45.6 Å². The molecule has 2 rings (SSSR count). The van der Waals surface area contributed by atoms with Crippen LogP contribution in [-0.4, -0.2) is 41.7 Å². The fraction of sp³-hybridized carbons (Fsp3) is 0.455. The topological polar surface area (TPSA) is 62.7 Å². The fourth-order valence-corrected chi connectivity index (χ4v) is 3.07. The van der Waals surface area contributed by atoms with Crippen LogP contribution in [0.15, 0.2) is 36.5 Å². The van der Waals surface area contributed by atoms with Crippen LogP contribution in [0.2, 0.25) is 0 Å². The number of pyridine rings is 1. The molecule has 146 valence electrons. The van der Waals surface area contributed by atoms with E-state index in [-0.39, 0.29) is 29.5 Å². The van der Waals surface area contributed by atoms with E-state index in [2.05, 4.69) is 18.8 Å². The molecule has 0 bridgehead atoms. The van der Waals surface area contributed by atoms with Crippen molar-refractivity contribution in [1.29, 1.82) is 0 Å². The lowest BCUT2D eigenvalue weighted by Gasteiger charge is -2.28. The van der Waals surface area contributed by atoms with Gasteiger partial charge in [0.2, 0.25) is 0 Å². The highest BCUT2D eigenvalue weighted by Gasteiger charge is 2.27. The van der Waals surface area contributed by atoms with Gasteiger partial charge >= 0.3 is 0 Å². The van der Waals surface area contributed by atoms with Gasteiger partial charge in [-0.1, -0.05) is 39.8 Å². The lowest BCUT2D eigenvalue weighted by molar-refractivity contribution is 0.0592. The summed E-state index contributed by atoms with van der Waals surface area (Å²) in [6, 6.07) is 9.05. The van der Waals surface area contributed by atoms with Crippen LogP contribution >= 0.6 is 0 Å². The third-order valence-electron chi connectivity index (χ3n) is 4.82. The van der Waals surface area contributed by atoms with E-state index in [1.807, 2.05) is 38.1 Å². The maximum atomic E-state index is 13.3. The zero-order chi connectivity index (χ0) is 20.1. The molecule has 1 heterocycles. The molecular formula is C22H30N2O3. The molecular weight excluding hydrogens is 340 g/mol. The summed E-state index contributed by atoms with van der Waals surface area (Å²) in [6.45, 7) is 8.50. The molecule has 0 aliphatic heterocycles. The van der Waals surface area contributed by atoms with Crippen molar-refractivity contribution in [3.63, 3.8) is 0 Å². The minimum absolute atomic E-state index is 0.0587. The summed E-state index contributed by atoms with van der Waals surface area (Å²) in [4.78, 5) is 19.3. The molecule has 0 spiro atoms. The minimum Gasteiger partial charge on any atom is -0.507 e. The number of rotatable bonds is 7. The predicted octanol–water partition coefficient (Wildman–Crippen LogP) is 4.49. The Kier molecular flexibility index (Phi) is 6.97. The average Bonchev–Trinajstić information content (AvgIpc) is 2.65. The van der Waals surface area contributed by atoms with Crippen molar-refractivity contribution in [2.24, 2.45) is 0 Å². The van der Waals surface area contributed by atoms with E-state index in [4.69, 9.17) is 4.74 Å². The highest BCUT2D eigenvalue weighted by atomic mass is 16.5. The minimum atomic E-state index is -0.340. The number of likely N-dealkylation sites (N-methyl/N-ethyl adjacent to an activating group) is 1. The van der Waals surface area contributed by atoms with Crippen molar-refractivity contribution in [2.75, 3.05) is 20.8 Å². The fourth-order valence-electron chi connectivity index (χ4n) is 3.07. The van der Waals surface area contributed by atoms with Gasteiger partial charge in [0.15, 0.2) is 0 Å². The van der Waals surface area contributed by atoms with E-state index in [1.54, 1.807) is 31.3 Å². The van der Waals surface area contributed by atoms with Crippen LogP contribution in [0.4, 0.5) is 0 Å². The number of ether oxygens (including phenoxy) is 1. The van der Waals surface area contributed by atoms with Gasteiger partial charge in [-0.3, -0.25) is 9.78 Å². The van der Waals surface area contributed by atoms with Gasteiger partial charge in [-0.05, 0) is 41.2 Å². The van der Waals surface area contributed by atoms with Gasteiger partial charge in [0.25, 0.3) is 5.91 Å². The number of phenols is 1. The molecule has 1 aromatic carbocycles. The summed E-state index contributed by atoms with van der Waals surface area (Å²) >= 11 is 0. The van der Waals surface area contributed by atoms with Crippen LogP contribution in [0, 0.1) is 0 Å². The van der Waals surface area contributed by atoms with Crippen LogP contribution < -0.4 is 0 Å². The number of benzene rings is 1. The first-order valence-corrected chi connectivity index (χ1v) is 9.31. The molecule has 2 aromatic rings. The van der Waals surface area contributed by atoms with Crippen LogP contribution in [-0.2, 0) is 4.74 Å². The number of methoxy groups -OCH3 is 1. The molecule has 1 atom stereocenters. The maximum absolute atomic E-state index is 13.3. The number of phenolic OH excluding ortho intramolecular Hbond substituents is 1.